The van der Waals surface area contributed by atoms with Gasteiger partial charge in [0.2, 0.25) is 10.0 Å². The molecule has 6 heteroatoms. The Morgan fingerprint density at radius 2 is 1.68 bits per heavy atom. The van der Waals surface area contributed by atoms with Gasteiger partial charge in [0.05, 0.1) is 4.90 Å². The van der Waals surface area contributed by atoms with Gasteiger partial charge in [-0.2, -0.15) is 4.31 Å². The van der Waals surface area contributed by atoms with Crippen LogP contribution < -0.4 is 0 Å². The van der Waals surface area contributed by atoms with Crippen molar-refractivity contribution in [3.63, 3.8) is 0 Å². The van der Waals surface area contributed by atoms with Gasteiger partial charge in [0.15, 0.2) is 0 Å². The van der Waals surface area contributed by atoms with E-state index in [0.717, 1.165) is 31.6 Å². The number of piperazine rings is 1. The summed E-state index contributed by atoms with van der Waals surface area (Å²) in [6, 6.07) is 7.22. The van der Waals surface area contributed by atoms with Crippen LogP contribution in [-0.2, 0) is 10.0 Å². The molecular weight excluding hydrogens is 300 g/mol. The lowest BCUT2D eigenvalue weighted by molar-refractivity contribution is 0.171. The molecule has 1 aromatic rings. The van der Waals surface area contributed by atoms with Crippen LogP contribution in [0.2, 0.25) is 0 Å². The first-order valence-electron chi connectivity index (χ1n) is 7.88. The number of rotatable bonds is 6. The van der Waals surface area contributed by atoms with Gasteiger partial charge >= 0.3 is 0 Å². The Kier molecular flexibility index (Phi) is 5.97. The first-order chi connectivity index (χ1) is 10.4. The molecular formula is C16H26N2O3S. The molecule has 1 aromatic carbocycles. The van der Waals surface area contributed by atoms with Gasteiger partial charge < -0.3 is 10.0 Å². The third kappa shape index (κ3) is 4.07. The van der Waals surface area contributed by atoms with E-state index in [9.17, 15) is 8.42 Å². The van der Waals surface area contributed by atoms with Gasteiger partial charge in [-0.25, -0.2) is 8.42 Å². The number of hydrogen-bond donors (Lipinski definition) is 1. The summed E-state index contributed by atoms with van der Waals surface area (Å²) in [6.45, 7) is 7.67. The summed E-state index contributed by atoms with van der Waals surface area (Å²) in [7, 11) is -3.39. The minimum atomic E-state index is -3.39. The van der Waals surface area contributed by atoms with E-state index in [1.807, 2.05) is 12.1 Å². The summed E-state index contributed by atoms with van der Waals surface area (Å²) in [6.07, 6.45) is 0.739. The van der Waals surface area contributed by atoms with E-state index in [1.54, 1.807) is 16.4 Å². The molecule has 0 aromatic heterocycles. The Hall–Kier alpha value is -0.950. The molecule has 0 saturated carbocycles. The Morgan fingerprint density at radius 3 is 2.18 bits per heavy atom. The molecule has 1 aliphatic heterocycles. The quantitative estimate of drug-likeness (QED) is 0.860. The van der Waals surface area contributed by atoms with Crippen LogP contribution >= 0.6 is 0 Å². The highest BCUT2D eigenvalue weighted by molar-refractivity contribution is 7.89. The van der Waals surface area contributed by atoms with Crippen LogP contribution in [0, 0.1) is 0 Å². The van der Waals surface area contributed by atoms with E-state index in [-0.39, 0.29) is 6.61 Å². The number of hydrogen-bond acceptors (Lipinski definition) is 4. The first-order valence-corrected chi connectivity index (χ1v) is 9.32. The molecule has 0 bridgehead atoms. The van der Waals surface area contributed by atoms with Crippen molar-refractivity contribution in [1.82, 2.24) is 9.21 Å². The van der Waals surface area contributed by atoms with E-state index in [0.29, 0.717) is 23.9 Å². The van der Waals surface area contributed by atoms with Crippen molar-refractivity contribution in [2.75, 3.05) is 39.3 Å². The number of nitrogens with zero attached hydrogens (tertiary/aromatic N) is 2. The second kappa shape index (κ2) is 7.55. The van der Waals surface area contributed by atoms with Gasteiger partial charge in [0, 0.05) is 39.3 Å². The second-order valence-electron chi connectivity index (χ2n) is 6.05. The molecule has 1 fully saturated rings. The lowest BCUT2D eigenvalue weighted by Gasteiger charge is -2.33. The van der Waals surface area contributed by atoms with Crippen molar-refractivity contribution in [3.8, 4) is 0 Å². The van der Waals surface area contributed by atoms with Crippen molar-refractivity contribution < 1.29 is 13.5 Å². The first kappa shape index (κ1) is 17.4. The highest BCUT2D eigenvalue weighted by atomic mass is 32.2. The van der Waals surface area contributed by atoms with Gasteiger partial charge in [-0.1, -0.05) is 26.0 Å². The van der Waals surface area contributed by atoms with Gasteiger partial charge in [0.1, 0.15) is 0 Å². The SMILES string of the molecule is CC(C)c1ccc(S(=O)(=O)N2CCN(CCCO)CC2)cc1. The van der Waals surface area contributed by atoms with Crippen LogP contribution in [0.3, 0.4) is 0 Å². The predicted molar refractivity (Wildman–Crippen MR) is 87.4 cm³/mol. The summed E-state index contributed by atoms with van der Waals surface area (Å²) in [5.74, 6) is 0.395. The van der Waals surface area contributed by atoms with Crippen molar-refractivity contribution in [2.24, 2.45) is 0 Å². The summed E-state index contributed by atoms with van der Waals surface area (Å²) in [5, 5.41) is 8.86. The van der Waals surface area contributed by atoms with E-state index >= 15 is 0 Å². The smallest absolute Gasteiger partial charge is 0.243 e. The Morgan fingerprint density at radius 1 is 1.09 bits per heavy atom. The molecule has 5 nitrogen and oxygen atoms in total. The molecule has 1 heterocycles. The third-order valence-corrected chi connectivity index (χ3v) is 6.06. The average molecular weight is 326 g/mol. The fourth-order valence-electron chi connectivity index (χ4n) is 2.66. The molecule has 0 unspecified atom stereocenters. The third-order valence-electron chi connectivity index (χ3n) is 4.15. The molecule has 0 atom stereocenters. The van der Waals surface area contributed by atoms with Crippen molar-refractivity contribution in [3.05, 3.63) is 29.8 Å². The van der Waals surface area contributed by atoms with Crippen LogP contribution in [-0.4, -0.2) is 62.1 Å². The van der Waals surface area contributed by atoms with E-state index in [2.05, 4.69) is 18.7 Å². The van der Waals surface area contributed by atoms with Gasteiger partial charge in [-0.15, -0.1) is 0 Å². The predicted octanol–water partition coefficient (Wildman–Crippen LogP) is 1.50. The lowest BCUT2D eigenvalue weighted by Crippen LogP contribution is -2.48. The minimum Gasteiger partial charge on any atom is -0.396 e. The maximum atomic E-state index is 12.7. The number of aliphatic hydroxyl groups is 1. The standard InChI is InChI=1S/C16H26N2O3S/c1-14(2)15-4-6-16(7-5-15)22(20,21)18-11-9-17(10-12-18)8-3-13-19/h4-7,14,19H,3,8-13H2,1-2H3. The van der Waals surface area contributed by atoms with Crippen LogP contribution in [0.25, 0.3) is 0 Å². The van der Waals surface area contributed by atoms with Gasteiger partial charge in [0.25, 0.3) is 0 Å². The zero-order chi connectivity index (χ0) is 16.2. The van der Waals surface area contributed by atoms with E-state index in [1.165, 1.54) is 0 Å². The normalized spacial score (nSPS) is 18.0. The molecule has 2 rings (SSSR count). The highest BCUT2D eigenvalue weighted by Crippen LogP contribution is 2.21. The van der Waals surface area contributed by atoms with Gasteiger partial charge in [-0.3, -0.25) is 0 Å². The Labute approximate surface area is 133 Å². The molecule has 0 radical (unpaired) electrons. The van der Waals surface area contributed by atoms with E-state index in [4.69, 9.17) is 5.11 Å². The summed E-state index contributed by atoms with van der Waals surface area (Å²) >= 11 is 0. The van der Waals surface area contributed by atoms with Gasteiger partial charge in [-0.05, 0) is 30.0 Å². The molecule has 1 aliphatic rings. The molecule has 0 amide bonds. The van der Waals surface area contributed by atoms with E-state index < -0.39 is 10.0 Å². The van der Waals surface area contributed by atoms with Crippen molar-refractivity contribution >= 4 is 10.0 Å². The molecule has 124 valence electrons. The summed E-state index contributed by atoms with van der Waals surface area (Å²) in [4.78, 5) is 2.57. The zero-order valence-electron chi connectivity index (χ0n) is 13.4. The zero-order valence-corrected chi connectivity index (χ0v) is 14.2. The fourth-order valence-corrected chi connectivity index (χ4v) is 4.08. The van der Waals surface area contributed by atoms with Crippen LogP contribution in [0.1, 0.15) is 31.7 Å². The maximum Gasteiger partial charge on any atom is 0.243 e. The largest absolute Gasteiger partial charge is 0.396 e. The Bertz CT molecular complexity index is 562. The molecule has 22 heavy (non-hydrogen) atoms. The topological polar surface area (TPSA) is 60.9 Å². The fraction of sp³-hybridized carbons (Fsp3) is 0.625. The van der Waals surface area contributed by atoms with Crippen molar-refractivity contribution in [1.29, 1.82) is 0 Å². The number of aliphatic hydroxyl groups excluding tert-OH is 1. The van der Waals surface area contributed by atoms with Crippen molar-refractivity contribution in [2.45, 2.75) is 31.1 Å². The number of sulfonamides is 1. The number of benzene rings is 1. The summed E-state index contributed by atoms with van der Waals surface area (Å²) < 4.78 is 26.9. The second-order valence-corrected chi connectivity index (χ2v) is 7.98. The lowest BCUT2D eigenvalue weighted by atomic mass is 10.0. The Balaban J connectivity index is 2.02. The van der Waals surface area contributed by atoms with Crippen LogP contribution in [0.5, 0.6) is 0 Å². The molecule has 0 aliphatic carbocycles. The summed E-state index contributed by atoms with van der Waals surface area (Å²) in [5.41, 5.74) is 1.15. The van der Waals surface area contributed by atoms with Crippen LogP contribution in [0.15, 0.2) is 29.2 Å². The molecule has 1 N–H and O–H groups in total. The monoisotopic (exact) mass is 326 g/mol. The maximum absolute atomic E-state index is 12.7. The highest BCUT2D eigenvalue weighted by Gasteiger charge is 2.28. The molecule has 0 spiro atoms. The minimum absolute atomic E-state index is 0.181. The average Bonchev–Trinajstić information content (AvgIpc) is 2.53. The van der Waals surface area contributed by atoms with Crippen LogP contribution in [0.4, 0.5) is 0 Å². The molecule has 1 saturated heterocycles.